The van der Waals surface area contributed by atoms with Crippen LogP contribution in [0.5, 0.6) is 5.75 Å². The summed E-state index contributed by atoms with van der Waals surface area (Å²) in [7, 11) is -3.00. The minimum Gasteiger partial charge on any atom is -0.502 e. The number of nitrogens with zero attached hydrogens (tertiary/aromatic N) is 1. The van der Waals surface area contributed by atoms with Gasteiger partial charge in [0.2, 0.25) is 11.7 Å². The number of carbonyl (C=O) groups excluding carboxylic acids is 1. The zero-order valence-corrected chi connectivity index (χ0v) is 21.9. The number of rotatable bonds is 11. The number of halogens is 2. The first-order chi connectivity index (χ1) is 18.5. The van der Waals surface area contributed by atoms with Crippen molar-refractivity contribution in [1.29, 1.82) is 0 Å². The number of alkyl halides is 2. The zero-order valence-electron chi connectivity index (χ0n) is 21.1. The van der Waals surface area contributed by atoms with Crippen LogP contribution in [0.2, 0.25) is 0 Å². The predicted molar refractivity (Wildman–Crippen MR) is 142 cm³/mol. The molecule has 0 fully saturated rings. The average Bonchev–Trinajstić information content (AvgIpc) is 2.90. The highest BCUT2D eigenvalue weighted by Gasteiger charge is 2.27. The minimum atomic E-state index is -3.00. The molecule has 3 aromatic rings. The number of aromatic amines is 1. The van der Waals surface area contributed by atoms with Crippen molar-refractivity contribution in [3.05, 3.63) is 93.2 Å². The highest BCUT2D eigenvalue weighted by molar-refractivity contribution is 7.90. The van der Waals surface area contributed by atoms with Crippen LogP contribution in [0.4, 0.5) is 8.78 Å². The van der Waals surface area contributed by atoms with Gasteiger partial charge in [0.05, 0.1) is 24.5 Å². The molecule has 0 aliphatic rings. The van der Waals surface area contributed by atoms with E-state index in [0.29, 0.717) is 24.2 Å². The molecule has 0 bridgehead atoms. The van der Waals surface area contributed by atoms with E-state index in [1.807, 2.05) is 24.3 Å². The smallest absolute Gasteiger partial charge is 0.293 e. The maximum Gasteiger partial charge on any atom is 0.293 e. The van der Waals surface area contributed by atoms with Gasteiger partial charge in [0, 0.05) is 30.5 Å². The van der Waals surface area contributed by atoms with E-state index >= 15 is 0 Å². The lowest BCUT2D eigenvalue weighted by Crippen LogP contribution is -2.34. The van der Waals surface area contributed by atoms with Crippen LogP contribution in [-0.4, -0.2) is 60.9 Å². The third-order valence-corrected chi connectivity index (χ3v) is 6.56. The molecule has 1 aromatic heterocycles. The number of hydrogen-bond acceptors (Lipinski definition) is 7. The normalized spacial score (nSPS) is 12.0. The molecule has 2 aromatic carbocycles. The van der Waals surface area contributed by atoms with Crippen LogP contribution in [0.25, 0.3) is 0 Å². The van der Waals surface area contributed by atoms with E-state index in [1.165, 1.54) is 6.26 Å². The third-order valence-electron chi connectivity index (χ3n) is 5.61. The molecule has 0 saturated heterocycles. The van der Waals surface area contributed by atoms with Gasteiger partial charge in [-0.05, 0) is 41.8 Å². The Morgan fingerprint density at radius 2 is 1.64 bits per heavy atom. The first-order valence-corrected chi connectivity index (χ1v) is 14.0. The molecular formula is C27H28F2N4O5S. The van der Waals surface area contributed by atoms with Gasteiger partial charge in [0.25, 0.3) is 12.0 Å². The molecule has 4 N–H and O–H groups in total. The first-order valence-electron chi connectivity index (χ1n) is 11.9. The first kappa shape index (κ1) is 29.5. The number of nitrogens with one attached hydrogen (secondary N) is 3. The van der Waals surface area contributed by atoms with Gasteiger partial charge in [-0.15, -0.1) is 0 Å². The Morgan fingerprint density at radius 1 is 1.05 bits per heavy atom. The molecular weight excluding hydrogens is 530 g/mol. The summed E-state index contributed by atoms with van der Waals surface area (Å²) in [6.07, 6.45) is -0.520. The second kappa shape index (κ2) is 13.6. The number of hydrogen-bond donors (Lipinski definition) is 4. The van der Waals surface area contributed by atoms with Crippen molar-refractivity contribution in [2.75, 3.05) is 25.1 Å². The SMILES string of the molecule is CS(=O)(=O)CCNCc1ccc(C#Cc2ccc(CC(C(=O)NCC(F)F)c3nc[nH]c(=O)c3O)cc2)cc1. The van der Waals surface area contributed by atoms with E-state index in [1.54, 1.807) is 24.3 Å². The van der Waals surface area contributed by atoms with Gasteiger partial charge in [0.1, 0.15) is 15.5 Å². The van der Waals surface area contributed by atoms with Gasteiger partial charge >= 0.3 is 0 Å². The van der Waals surface area contributed by atoms with Gasteiger partial charge < -0.3 is 20.7 Å². The van der Waals surface area contributed by atoms with Crippen LogP contribution in [0.15, 0.2) is 59.7 Å². The lowest BCUT2D eigenvalue weighted by Gasteiger charge is -2.17. The fraction of sp³-hybridized carbons (Fsp3) is 0.296. The van der Waals surface area contributed by atoms with Crippen LogP contribution in [-0.2, 0) is 27.6 Å². The van der Waals surface area contributed by atoms with Gasteiger partial charge in [-0.3, -0.25) is 9.59 Å². The quantitative estimate of drug-likeness (QED) is 0.207. The molecule has 1 unspecified atom stereocenters. The Morgan fingerprint density at radius 3 is 2.21 bits per heavy atom. The summed E-state index contributed by atoms with van der Waals surface area (Å²) < 4.78 is 47.6. The maximum absolute atomic E-state index is 12.6. The molecule has 3 rings (SSSR count). The summed E-state index contributed by atoms with van der Waals surface area (Å²) in [5, 5.41) is 15.3. The fourth-order valence-electron chi connectivity index (χ4n) is 3.58. The summed E-state index contributed by atoms with van der Waals surface area (Å²) in [6.45, 7) is 0.0454. The molecule has 1 heterocycles. The summed E-state index contributed by atoms with van der Waals surface area (Å²) in [5.74, 6) is 3.47. The fourth-order valence-corrected chi connectivity index (χ4v) is 4.09. The zero-order chi connectivity index (χ0) is 28.4. The average molecular weight is 559 g/mol. The van der Waals surface area contributed by atoms with Gasteiger partial charge in [-0.1, -0.05) is 36.1 Å². The van der Waals surface area contributed by atoms with Crippen molar-refractivity contribution in [1.82, 2.24) is 20.6 Å². The number of aromatic nitrogens is 2. The number of amides is 1. The summed E-state index contributed by atoms with van der Waals surface area (Å²) in [6, 6.07) is 14.4. The van der Waals surface area contributed by atoms with Crippen molar-refractivity contribution >= 4 is 15.7 Å². The molecule has 0 radical (unpaired) electrons. The maximum atomic E-state index is 12.6. The number of aromatic hydroxyl groups is 1. The van der Waals surface area contributed by atoms with Gasteiger partial charge in [0.15, 0.2) is 0 Å². The van der Waals surface area contributed by atoms with Crippen LogP contribution < -0.4 is 16.2 Å². The van der Waals surface area contributed by atoms with Crippen LogP contribution in [0, 0.1) is 11.8 Å². The van der Waals surface area contributed by atoms with Crippen molar-refractivity contribution in [2.45, 2.75) is 25.3 Å². The Labute approximate surface area is 224 Å². The Bertz CT molecular complexity index is 1500. The standard InChI is InChI=1S/C27H28F2N4O5S/c1-39(37,38)13-12-30-15-21-10-6-19(7-11-21)3-2-18-4-8-20(9-5-18)14-22(26(35)31-16-23(28)29)24-25(34)27(36)33-17-32-24/h4-11,17,22-23,30,34H,12-16H2,1H3,(H,31,35)(H,32,33,36). The van der Waals surface area contributed by atoms with Crippen LogP contribution >= 0.6 is 0 Å². The second-order valence-electron chi connectivity index (χ2n) is 8.81. The molecule has 0 spiro atoms. The highest BCUT2D eigenvalue weighted by Crippen LogP contribution is 2.24. The summed E-state index contributed by atoms with van der Waals surface area (Å²) in [4.78, 5) is 30.5. The number of benzene rings is 2. The number of carbonyl (C=O) groups is 1. The van der Waals surface area contributed by atoms with E-state index in [4.69, 9.17) is 0 Å². The highest BCUT2D eigenvalue weighted by atomic mass is 32.2. The molecule has 0 aliphatic carbocycles. The van der Waals surface area contributed by atoms with E-state index < -0.39 is 45.9 Å². The van der Waals surface area contributed by atoms with Crippen molar-refractivity contribution in [2.24, 2.45) is 0 Å². The van der Waals surface area contributed by atoms with E-state index in [-0.39, 0.29) is 17.9 Å². The summed E-state index contributed by atoms with van der Waals surface area (Å²) >= 11 is 0. The van der Waals surface area contributed by atoms with Crippen molar-refractivity contribution in [3.8, 4) is 17.6 Å². The summed E-state index contributed by atoms with van der Waals surface area (Å²) in [5.41, 5.74) is 2.07. The van der Waals surface area contributed by atoms with E-state index in [9.17, 15) is 31.9 Å². The topological polar surface area (TPSA) is 141 Å². The Kier molecular flexibility index (Phi) is 10.3. The van der Waals surface area contributed by atoms with E-state index in [0.717, 1.165) is 17.5 Å². The van der Waals surface area contributed by atoms with Crippen molar-refractivity contribution < 1.29 is 27.1 Å². The predicted octanol–water partition coefficient (Wildman–Crippen LogP) is 1.72. The second-order valence-corrected chi connectivity index (χ2v) is 11.1. The van der Waals surface area contributed by atoms with E-state index in [2.05, 4.69) is 32.4 Å². The monoisotopic (exact) mass is 558 g/mol. The minimum absolute atomic E-state index is 0.00643. The Hall–Kier alpha value is -4.08. The third kappa shape index (κ3) is 9.63. The van der Waals surface area contributed by atoms with Gasteiger partial charge in [-0.2, -0.15) is 0 Å². The molecule has 0 aliphatic heterocycles. The Balaban J connectivity index is 1.66. The molecule has 206 valence electrons. The number of sulfone groups is 1. The molecule has 39 heavy (non-hydrogen) atoms. The molecule has 1 atom stereocenters. The van der Waals surface area contributed by atoms with Crippen molar-refractivity contribution in [3.63, 3.8) is 0 Å². The largest absolute Gasteiger partial charge is 0.502 e. The molecule has 1 amide bonds. The lowest BCUT2D eigenvalue weighted by atomic mass is 9.94. The molecule has 12 heteroatoms. The van der Waals surface area contributed by atoms with Crippen LogP contribution in [0.3, 0.4) is 0 Å². The van der Waals surface area contributed by atoms with Gasteiger partial charge in [-0.25, -0.2) is 22.2 Å². The molecule has 9 nitrogen and oxygen atoms in total. The lowest BCUT2D eigenvalue weighted by molar-refractivity contribution is -0.123. The molecule has 0 saturated carbocycles. The van der Waals surface area contributed by atoms with Crippen LogP contribution in [0.1, 0.15) is 33.9 Å². The number of H-pyrrole nitrogens is 1.